The van der Waals surface area contributed by atoms with E-state index in [4.69, 9.17) is 0 Å². The first-order chi connectivity index (χ1) is 12.9. The Hall–Kier alpha value is -1.16. The van der Waals surface area contributed by atoms with Gasteiger partial charge in [0.05, 0.1) is 12.2 Å². The summed E-state index contributed by atoms with van der Waals surface area (Å²) in [4.78, 5) is 12.2. The van der Waals surface area contributed by atoms with Gasteiger partial charge >= 0.3 is 0 Å². The number of hydrogen-bond donors (Lipinski definition) is 0. The zero-order chi connectivity index (χ0) is 19.4. The summed E-state index contributed by atoms with van der Waals surface area (Å²) >= 11 is 0. The molecule has 0 aromatic carbocycles. The van der Waals surface area contributed by atoms with E-state index in [0.29, 0.717) is 12.0 Å². The Balaban J connectivity index is 0.000000376. The minimum atomic E-state index is 0.204. The van der Waals surface area contributed by atoms with Gasteiger partial charge in [0.1, 0.15) is 6.29 Å². The van der Waals surface area contributed by atoms with E-state index in [0.717, 1.165) is 17.6 Å². The van der Waals surface area contributed by atoms with Crippen molar-refractivity contribution in [1.82, 2.24) is 14.7 Å². The van der Waals surface area contributed by atoms with Gasteiger partial charge in [-0.3, -0.25) is 4.68 Å². The first kappa shape index (κ1) is 20.6. The fourth-order valence-corrected chi connectivity index (χ4v) is 4.96. The van der Waals surface area contributed by atoms with Crippen LogP contribution in [0.3, 0.4) is 0 Å². The highest BCUT2D eigenvalue weighted by atomic mass is 16.1. The van der Waals surface area contributed by atoms with Crippen LogP contribution in [0.25, 0.3) is 0 Å². The lowest BCUT2D eigenvalue weighted by Gasteiger charge is -2.55. The minimum absolute atomic E-state index is 0.204. The van der Waals surface area contributed by atoms with Gasteiger partial charge in [0.2, 0.25) is 0 Å². The summed E-state index contributed by atoms with van der Waals surface area (Å²) in [5.74, 6) is 1.80. The van der Waals surface area contributed by atoms with E-state index in [2.05, 4.69) is 40.9 Å². The highest BCUT2D eigenvalue weighted by Gasteiger charge is 2.48. The zero-order valence-corrected chi connectivity index (χ0v) is 17.9. The predicted molar refractivity (Wildman–Crippen MR) is 111 cm³/mol. The van der Waals surface area contributed by atoms with Crippen LogP contribution in [-0.2, 0) is 4.79 Å². The van der Waals surface area contributed by atoms with Gasteiger partial charge < -0.3 is 9.69 Å². The van der Waals surface area contributed by atoms with Crippen molar-refractivity contribution in [1.29, 1.82) is 0 Å². The Morgan fingerprint density at radius 2 is 1.81 bits per heavy atom. The topological polar surface area (TPSA) is 38.1 Å². The third kappa shape index (κ3) is 5.22. The second-order valence-electron chi connectivity index (χ2n) is 9.95. The number of aromatic nitrogens is 2. The van der Waals surface area contributed by atoms with E-state index in [1.807, 2.05) is 13.8 Å². The molecular formula is C23H39N3O. The molecular weight excluding hydrogens is 334 g/mol. The molecule has 3 fully saturated rings. The molecule has 1 aliphatic heterocycles. The molecule has 1 aromatic rings. The van der Waals surface area contributed by atoms with Crippen LogP contribution in [-0.4, -0.2) is 40.6 Å². The minimum Gasteiger partial charge on any atom is -0.303 e. The SMILES string of the molecule is CC(C)C=O.CC(C)c1cnn(C2CCN(CC3CC4(CCC4)C3)CC2)c1. The quantitative estimate of drug-likeness (QED) is 0.677. The van der Waals surface area contributed by atoms with Crippen LogP contribution >= 0.6 is 0 Å². The summed E-state index contributed by atoms with van der Waals surface area (Å²) in [7, 11) is 0. The van der Waals surface area contributed by atoms with Crippen LogP contribution in [0.1, 0.15) is 90.2 Å². The molecule has 1 saturated heterocycles. The molecule has 0 unspecified atom stereocenters. The smallest absolute Gasteiger partial charge is 0.122 e. The number of rotatable bonds is 5. The number of aldehydes is 1. The second kappa shape index (κ2) is 8.89. The Labute approximate surface area is 165 Å². The number of hydrogen-bond acceptors (Lipinski definition) is 3. The number of carbonyl (C=O) groups excluding carboxylic acids is 1. The normalized spacial score (nSPS) is 23.0. The van der Waals surface area contributed by atoms with Gasteiger partial charge in [-0.2, -0.15) is 5.10 Å². The maximum absolute atomic E-state index is 9.50. The summed E-state index contributed by atoms with van der Waals surface area (Å²) in [6.45, 7) is 12.1. The molecule has 3 aliphatic rings. The fourth-order valence-electron chi connectivity index (χ4n) is 4.96. The first-order valence-corrected chi connectivity index (χ1v) is 11.1. The van der Waals surface area contributed by atoms with Gasteiger partial charge in [0, 0.05) is 31.7 Å². The third-order valence-corrected chi connectivity index (χ3v) is 6.87. The van der Waals surface area contributed by atoms with Crippen molar-refractivity contribution in [3.05, 3.63) is 18.0 Å². The van der Waals surface area contributed by atoms with Crippen LogP contribution in [0.5, 0.6) is 0 Å². The fraction of sp³-hybridized carbons (Fsp3) is 0.826. The van der Waals surface area contributed by atoms with Crippen LogP contribution < -0.4 is 0 Å². The summed E-state index contributed by atoms with van der Waals surface area (Å²) in [5, 5.41) is 4.61. The highest BCUT2D eigenvalue weighted by Crippen LogP contribution is 2.58. The van der Waals surface area contributed by atoms with Crippen LogP contribution in [0.2, 0.25) is 0 Å². The number of nitrogens with zero attached hydrogens (tertiary/aromatic N) is 3. The Bertz CT molecular complexity index is 587. The molecule has 2 heterocycles. The van der Waals surface area contributed by atoms with E-state index in [9.17, 15) is 4.79 Å². The maximum Gasteiger partial charge on any atom is 0.122 e. The lowest BCUT2D eigenvalue weighted by Crippen LogP contribution is -2.48. The maximum atomic E-state index is 9.50. The molecule has 1 aromatic heterocycles. The molecule has 2 aliphatic carbocycles. The third-order valence-electron chi connectivity index (χ3n) is 6.87. The first-order valence-electron chi connectivity index (χ1n) is 11.1. The van der Waals surface area contributed by atoms with E-state index in [1.54, 1.807) is 0 Å². The van der Waals surface area contributed by atoms with Gasteiger partial charge in [-0.25, -0.2) is 0 Å². The van der Waals surface area contributed by atoms with Crippen molar-refractivity contribution in [3.63, 3.8) is 0 Å². The highest BCUT2D eigenvalue weighted by molar-refractivity contribution is 5.51. The van der Waals surface area contributed by atoms with E-state index < -0.39 is 0 Å². The van der Waals surface area contributed by atoms with Gasteiger partial charge in [-0.05, 0) is 61.3 Å². The lowest BCUT2D eigenvalue weighted by molar-refractivity contribution is -0.110. The predicted octanol–water partition coefficient (Wildman–Crippen LogP) is 5.07. The van der Waals surface area contributed by atoms with Crippen molar-refractivity contribution >= 4 is 6.29 Å². The molecule has 0 atom stereocenters. The molecule has 0 amide bonds. The average Bonchev–Trinajstić information content (AvgIpc) is 3.07. The summed E-state index contributed by atoms with van der Waals surface area (Å²) in [6.07, 6.45) is 15.4. The molecule has 27 heavy (non-hydrogen) atoms. The standard InChI is InChI=1S/C19H31N3.C4H8O/c1-15(2)17-12-20-22(14-17)18-4-8-21(9-5-18)13-16-10-19(11-16)6-3-7-19;1-4(2)3-5/h12,14-16,18H,3-11,13H2,1-2H3;3-4H,1-2H3. The van der Waals surface area contributed by atoms with Gasteiger partial charge in [0.25, 0.3) is 0 Å². The number of likely N-dealkylation sites (tertiary alicyclic amines) is 1. The van der Waals surface area contributed by atoms with E-state index in [-0.39, 0.29) is 5.92 Å². The largest absolute Gasteiger partial charge is 0.303 e. The number of carbonyl (C=O) groups is 1. The summed E-state index contributed by atoms with van der Waals surface area (Å²) in [5.41, 5.74) is 2.22. The zero-order valence-electron chi connectivity index (χ0n) is 17.9. The monoisotopic (exact) mass is 373 g/mol. The van der Waals surface area contributed by atoms with Gasteiger partial charge in [-0.15, -0.1) is 0 Å². The van der Waals surface area contributed by atoms with Crippen molar-refractivity contribution in [2.75, 3.05) is 19.6 Å². The summed E-state index contributed by atoms with van der Waals surface area (Å²) in [6, 6.07) is 0.628. The lowest BCUT2D eigenvalue weighted by atomic mass is 9.52. The van der Waals surface area contributed by atoms with Crippen LogP contribution in [0.4, 0.5) is 0 Å². The van der Waals surface area contributed by atoms with Gasteiger partial charge in [0.15, 0.2) is 0 Å². The second-order valence-corrected chi connectivity index (χ2v) is 9.95. The van der Waals surface area contributed by atoms with Crippen molar-refractivity contribution in [2.24, 2.45) is 17.3 Å². The van der Waals surface area contributed by atoms with Gasteiger partial charge in [-0.1, -0.05) is 34.1 Å². The molecule has 152 valence electrons. The van der Waals surface area contributed by atoms with Crippen molar-refractivity contribution in [3.8, 4) is 0 Å². The Kier molecular flexibility index (Phi) is 6.78. The van der Waals surface area contributed by atoms with Crippen LogP contribution in [0, 0.1) is 17.3 Å². The average molecular weight is 374 g/mol. The van der Waals surface area contributed by atoms with Crippen molar-refractivity contribution < 1.29 is 4.79 Å². The van der Waals surface area contributed by atoms with E-state index >= 15 is 0 Å². The molecule has 1 spiro atoms. The molecule has 0 N–H and O–H groups in total. The molecule has 2 saturated carbocycles. The summed E-state index contributed by atoms with van der Waals surface area (Å²) < 4.78 is 2.24. The molecule has 4 nitrogen and oxygen atoms in total. The van der Waals surface area contributed by atoms with E-state index in [1.165, 1.54) is 70.1 Å². The van der Waals surface area contributed by atoms with Crippen LogP contribution in [0.15, 0.2) is 12.4 Å². The molecule has 0 bridgehead atoms. The number of piperidine rings is 1. The molecule has 4 heteroatoms. The Morgan fingerprint density at radius 3 is 2.26 bits per heavy atom. The Morgan fingerprint density at radius 1 is 1.19 bits per heavy atom. The molecule has 0 radical (unpaired) electrons. The van der Waals surface area contributed by atoms with Crippen molar-refractivity contribution in [2.45, 2.75) is 84.6 Å². The molecule has 4 rings (SSSR count).